The third-order valence-corrected chi connectivity index (χ3v) is 5.32. The van der Waals surface area contributed by atoms with Crippen molar-refractivity contribution in [3.05, 3.63) is 102 Å². The fourth-order valence-electron chi connectivity index (χ4n) is 3.64. The van der Waals surface area contributed by atoms with Crippen LogP contribution in [0.4, 0.5) is 4.39 Å². The normalized spacial score (nSPS) is 11.8. The Morgan fingerprint density at radius 3 is 2.52 bits per heavy atom. The quantitative estimate of drug-likeness (QED) is 0.409. The lowest BCUT2D eigenvalue weighted by Gasteiger charge is -2.15. The Balaban J connectivity index is 1.45. The van der Waals surface area contributed by atoms with Gasteiger partial charge in [-0.2, -0.15) is 0 Å². The van der Waals surface area contributed by atoms with Crippen LogP contribution in [-0.2, 0) is 11.3 Å². The summed E-state index contributed by atoms with van der Waals surface area (Å²) in [7, 11) is 0. The summed E-state index contributed by atoms with van der Waals surface area (Å²) in [6.07, 6.45) is 2.48. The van der Waals surface area contributed by atoms with Gasteiger partial charge in [-0.05, 0) is 53.4 Å². The Kier molecular flexibility index (Phi) is 6.22. The molecule has 0 unspecified atom stereocenters. The van der Waals surface area contributed by atoms with Crippen molar-refractivity contribution in [3.8, 4) is 22.6 Å². The molecule has 0 aliphatic carbocycles. The highest BCUT2D eigenvalue weighted by molar-refractivity contribution is 5.83. The molecule has 0 spiro atoms. The molecule has 4 rings (SSSR count). The Bertz CT molecular complexity index is 1150. The standard InChI is InChI=1S/C26H24FN3O/c1-2-23(19-8-4-3-5-9-19)26(31)29-16-18-7-6-10-21(15-18)25-28-17-24(30-25)20-11-13-22(27)14-12-20/h3-15,17,23H,2,16H2,1H3,(H,28,30)(H,29,31)/t23-/m1/s1. The minimum atomic E-state index is -0.268. The molecule has 0 saturated carbocycles. The monoisotopic (exact) mass is 413 g/mol. The first-order valence-corrected chi connectivity index (χ1v) is 10.4. The van der Waals surface area contributed by atoms with Gasteiger partial charge in [0.15, 0.2) is 0 Å². The highest BCUT2D eigenvalue weighted by Gasteiger charge is 2.18. The zero-order chi connectivity index (χ0) is 21.6. The van der Waals surface area contributed by atoms with E-state index in [2.05, 4.69) is 15.3 Å². The van der Waals surface area contributed by atoms with Crippen molar-refractivity contribution in [1.82, 2.24) is 15.3 Å². The number of carbonyl (C=O) groups excluding carboxylic acids is 1. The van der Waals surface area contributed by atoms with Crippen molar-refractivity contribution in [3.63, 3.8) is 0 Å². The molecule has 3 aromatic carbocycles. The van der Waals surface area contributed by atoms with Crippen LogP contribution in [0.1, 0.15) is 30.4 Å². The number of H-pyrrole nitrogens is 1. The maximum atomic E-state index is 13.2. The van der Waals surface area contributed by atoms with E-state index in [-0.39, 0.29) is 17.6 Å². The van der Waals surface area contributed by atoms with Crippen LogP contribution in [0, 0.1) is 5.82 Å². The minimum Gasteiger partial charge on any atom is -0.351 e. The molecular weight excluding hydrogens is 389 g/mol. The van der Waals surface area contributed by atoms with Crippen LogP contribution in [0.15, 0.2) is 85.1 Å². The Labute approximate surface area is 181 Å². The van der Waals surface area contributed by atoms with E-state index in [1.165, 1.54) is 12.1 Å². The Morgan fingerprint density at radius 1 is 1.00 bits per heavy atom. The van der Waals surface area contributed by atoms with Gasteiger partial charge < -0.3 is 10.3 Å². The lowest BCUT2D eigenvalue weighted by atomic mass is 9.95. The van der Waals surface area contributed by atoms with Crippen LogP contribution in [0.25, 0.3) is 22.6 Å². The first-order chi connectivity index (χ1) is 15.1. The number of nitrogens with one attached hydrogen (secondary N) is 2. The Hall–Kier alpha value is -3.73. The number of nitrogens with zero attached hydrogens (tertiary/aromatic N) is 1. The van der Waals surface area contributed by atoms with Crippen molar-refractivity contribution >= 4 is 5.91 Å². The fourth-order valence-corrected chi connectivity index (χ4v) is 3.64. The van der Waals surface area contributed by atoms with Gasteiger partial charge in [-0.1, -0.05) is 55.5 Å². The SMILES string of the molecule is CC[C@@H](C(=O)NCc1cccc(-c2ncc(-c3ccc(F)cc3)[nH]2)c1)c1ccccc1. The number of aromatic nitrogens is 2. The zero-order valence-electron chi connectivity index (χ0n) is 17.3. The van der Waals surface area contributed by atoms with Gasteiger partial charge in [-0.25, -0.2) is 9.37 Å². The predicted molar refractivity (Wildman–Crippen MR) is 121 cm³/mol. The molecule has 0 radical (unpaired) electrons. The zero-order valence-corrected chi connectivity index (χ0v) is 17.3. The number of hydrogen-bond acceptors (Lipinski definition) is 2. The highest BCUT2D eigenvalue weighted by atomic mass is 19.1. The third kappa shape index (κ3) is 4.89. The van der Waals surface area contributed by atoms with Gasteiger partial charge in [-0.15, -0.1) is 0 Å². The summed E-state index contributed by atoms with van der Waals surface area (Å²) < 4.78 is 13.2. The number of carbonyl (C=O) groups is 1. The summed E-state index contributed by atoms with van der Waals surface area (Å²) in [4.78, 5) is 20.5. The van der Waals surface area contributed by atoms with Crippen LogP contribution < -0.4 is 5.32 Å². The third-order valence-electron chi connectivity index (χ3n) is 5.32. The molecule has 4 aromatic rings. The second-order valence-corrected chi connectivity index (χ2v) is 7.44. The van der Waals surface area contributed by atoms with E-state index in [4.69, 9.17) is 0 Å². The lowest BCUT2D eigenvalue weighted by Crippen LogP contribution is -2.28. The van der Waals surface area contributed by atoms with E-state index in [1.54, 1.807) is 18.3 Å². The summed E-state index contributed by atoms with van der Waals surface area (Å²) in [5.74, 6) is 0.322. The van der Waals surface area contributed by atoms with E-state index < -0.39 is 0 Å². The van der Waals surface area contributed by atoms with Crippen molar-refractivity contribution in [2.24, 2.45) is 0 Å². The average molecular weight is 413 g/mol. The lowest BCUT2D eigenvalue weighted by molar-refractivity contribution is -0.122. The number of aromatic amines is 1. The molecular formula is C26H24FN3O. The molecule has 0 fully saturated rings. The number of amides is 1. The summed E-state index contributed by atoms with van der Waals surface area (Å²) in [5, 5.41) is 3.06. The molecule has 156 valence electrons. The number of hydrogen-bond donors (Lipinski definition) is 2. The van der Waals surface area contributed by atoms with Crippen LogP contribution >= 0.6 is 0 Å². The summed E-state index contributed by atoms with van der Waals surface area (Å²) >= 11 is 0. The molecule has 0 aliphatic rings. The van der Waals surface area contributed by atoms with Crippen LogP contribution in [0.5, 0.6) is 0 Å². The maximum absolute atomic E-state index is 13.2. The number of rotatable bonds is 7. The van der Waals surface area contributed by atoms with Crippen molar-refractivity contribution in [2.45, 2.75) is 25.8 Å². The number of halogens is 1. The second-order valence-electron chi connectivity index (χ2n) is 7.44. The highest BCUT2D eigenvalue weighted by Crippen LogP contribution is 2.23. The van der Waals surface area contributed by atoms with Crippen LogP contribution in [-0.4, -0.2) is 15.9 Å². The number of imidazole rings is 1. The van der Waals surface area contributed by atoms with Gasteiger partial charge in [0, 0.05) is 12.1 Å². The molecule has 1 amide bonds. The fraction of sp³-hybridized carbons (Fsp3) is 0.154. The molecule has 0 bridgehead atoms. The summed E-state index contributed by atoms with van der Waals surface area (Å²) in [6.45, 7) is 2.47. The van der Waals surface area contributed by atoms with Crippen molar-refractivity contribution < 1.29 is 9.18 Å². The number of benzene rings is 3. The summed E-state index contributed by atoms with van der Waals surface area (Å²) in [6, 6.07) is 24.1. The van der Waals surface area contributed by atoms with Gasteiger partial charge in [0.2, 0.25) is 5.91 Å². The van der Waals surface area contributed by atoms with Gasteiger partial charge in [0.1, 0.15) is 11.6 Å². The molecule has 4 nitrogen and oxygen atoms in total. The molecule has 31 heavy (non-hydrogen) atoms. The minimum absolute atomic E-state index is 0.0238. The first kappa shape index (κ1) is 20.5. The first-order valence-electron chi connectivity index (χ1n) is 10.4. The van der Waals surface area contributed by atoms with Gasteiger partial charge in [0.05, 0.1) is 17.8 Å². The van der Waals surface area contributed by atoms with Crippen molar-refractivity contribution in [1.29, 1.82) is 0 Å². The average Bonchev–Trinajstić information content (AvgIpc) is 3.30. The maximum Gasteiger partial charge on any atom is 0.227 e. The van der Waals surface area contributed by atoms with E-state index >= 15 is 0 Å². The van der Waals surface area contributed by atoms with E-state index in [9.17, 15) is 9.18 Å². The summed E-state index contributed by atoms with van der Waals surface area (Å²) in [5.41, 5.74) is 4.64. The topological polar surface area (TPSA) is 57.8 Å². The van der Waals surface area contributed by atoms with Crippen LogP contribution in [0.2, 0.25) is 0 Å². The van der Waals surface area contributed by atoms with Gasteiger partial charge in [-0.3, -0.25) is 4.79 Å². The molecule has 2 N–H and O–H groups in total. The predicted octanol–water partition coefficient (Wildman–Crippen LogP) is 5.69. The molecule has 0 saturated heterocycles. The Morgan fingerprint density at radius 2 is 1.77 bits per heavy atom. The van der Waals surface area contributed by atoms with Gasteiger partial charge >= 0.3 is 0 Å². The van der Waals surface area contributed by atoms with E-state index in [0.29, 0.717) is 6.54 Å². The molecule has 1 aromatic heterocycles. The van der Waals surface area contributed by atoms with E-state index in [0.717, 1.165) is 40.2 Å². The molecule has 0 aliphatic heterocycles. The molecule has 5 heteroatoms. The van der Waals surface area contributed by atoms with Gasteiger partial charge in [0.25, 0.3) is 0 Å². The van der Waals surface area contributed by atoms with Crippen LogP contribution in [0.3, 0.4) is 0 Å². The molecule has 1 atom stereocenters. The van der Waals surface area contributed by atoms with E-state index in [1.807, 2.05) is 61.5 Å². The van der Waals surface area contributed by atoms with Crippen molar-refractivity contribution in [2.75, 3.05) is 0 Å². The smallest absolute Gasteiger partial charge is 0.227 e. The molecule has 1 heterocycles. The largest absolute Gasteiger partial charge is 0.351 e. The second kappa shape index (κ2) is 9.39.